The van der Waals surface area contributed by atoms with Crippen LogP contribution in [0.4, 0.5) is 0 Å². The summed E-state index contributed by atoms with van der Waals surface area (Å²) in [5, 5.41) is 11.8. The van der Waals surface area contributed by atoms with E-state index in [2.05, 4.69) is 24.0 Å². The molecule has 0 saturated heterocycles. The SMILES string of the molecule is CC1(C)CCC(Oc2cnccc2/C(N)=N/O)CC1. The molecule has 3 N–H and O–H groups in total. The molecule has 0 unspecified atom stereocenters. The largest absolute Gasteiger partial charge is 0.488 e. The summed E-state index contributed by atoms with van der Waals surface area (Å²) in [4.78, 5) is 4.04. The first kappa shape index (κ1) is 13.6. The molecule has 104 valence electrons. The summed E-state index contributed by atoms with van der Waals surface area (Å²) >= 11 is 0. The average molecular weight is 263 g/mol. The lowest BCUT2D eigenvalue weighted by atomic mass is 9.76. The third-order valence-corrected chi connectivity index (χ3v) is 3.75. The first-order valence-electron chi connectivity index (χ1n) is 6.60. The van der Waals surface area contributed by atoms with Crippen LogP contribution < -0.4 is 10.5 Å². The highest BCUT2D eigenvalue weighted by Gasteiger charge is 2.28. The first-order chi connectivity index (χ1) is 9.02. The van der Waals surface area contributed by atoms with E-state index in [1.165, 1.54) is 0 Å². The van der Waals surface area contributed by atoms with Crippen molar-refractivity contribution in [2.45, 2.75) is 45.6 Å². The molecular formula is C14H21N3O2. The van der Waals surface area contributed by atoms with Gasteiger partial charge in [0.05, 0.1) is 17.9 Å². The Morgan fingerprint density at radius 3 is 2.79 bits per heavy atom. The number of nitrogens with zero attached hydrogens (tertiary/aromatic N) is 2. The Kier molecular flexibility index (Phi) is 3.93. The minimum atomic E-state index is 0.0496. The second-order valence-electron chi connectivity index (χ2n) is 5.84. The lowest BCUT2D eigenvalue weighted by Crippen LogP contribution is -2.29. The van der Waals surface area contributed by atoms with Gasteiger partial charge in [0.1, 0.15) is 5.75 Å². The second-order valence-corrected chi connectivity index (χ2v) is 5.84. The maximum atomic E-state index is 8.77. The fourth-order valence-corrected chi connectivity index (χ4v) is 2.41. The van der Waals surface area contributed by atoms with Crippen LogP contribution in [0, 0.1) is 5.41 Å². The van der Waals surface area contributed by atoms with Crippen LogP contribution in [-0.4, -0.2) is 22.1 Å². The molecule has 1 aliphatic carbocycles. The standard InChI is InChI=1S/C14H21N3O2/c1-14(2)6-3-10(4-7-14)19-12-9-16-8-5-11(12)13(15)17-18/h5,8-10,18H,3-4,6-7H2,1-2H3,(H2,15,17). The second kappa shape index (κ2) is 5.47. The molecule has 1 aliphatic rings. The number of rotatable bonds is 3. The van der Waals surface area contributed by atoms with Gasteiger partial charge in [0.15, 0.2) is 5.84 Å². The number of amidine groups is 1. The van der Waals surface area contributed by atoms with E-state index in [-0.39, 0.29) is 11.9 Å². The fraction of sp³-hybridized carbons (Fsp3) is 0.571. The lowest BCUT2D eigenvalue weighted by molar-refractivity contribution is 0.0982. The van der Waals surface area contributed by atoms with Crippen molar-refractivity contribution in [3.05, 3.63) is 24.0 Å². The molecule has 2 rings (SSSR count). The number of hydrogen-bond acceptors (Lipinski definition) is 4. The average Bonchev–Trinajstić information content (AvgIpc) is 2.41. The molecule has 0 atom stereocenters. The van der Waals surface area contributed by atoms with E-state index >= 15 is 0 Å². The summed E-state index contributed by atoms with van der Waals surface area (Å²) in [5.41, 5.74) is 6.63. The van der Waals surface area contributed by atoms with Gasteiger partial charge in [-0.05, 0) is 37.2 Å². The first-order valence-corrected chi connectivity index (χ1v) is 6.60. The summed E-state index contributed by atoms with van der Waals surface area (Å²) < 4.78 is 5.97. The topological polar surface area (TPSA) is 80.7 Å². The molecular weight excluding hydrogens is 242 g/mol. The Labute approximate surface area is 113 Å². The van der Waals surface area contributed by atoms with Crippen molar-refractivity contribution in [3.8, 4) is 5.75 Å². The van der Waals surface area contributed by atoms with Gasteiger partial charge in [-0.2, -0.15) is 0 Å². The highest BCUT2D eigenvalue weighted by Crippen LogP contribution is 2.36. The number of nitrogens with two attached hydrogens (primary N) is 1. The Morgan fingerprint density at radius 1 is 1.47 bits per heavy atom. The molecule has 0 aliphatic heterocycles. The zero-order valence-corrected chi connectivity index (χ0v) is 11.5. The van der Waals surface area contributed by atoms with E-state index in [0.29, 0.717) is 16.7 Å². The smallest absolute Gasteiger partial charge is 0.173 e. The van der Waals surface area contributed by atoms with Crippen molar-refractivity contribution in [2.75, 3.05) is 0 Å². The van der Waals surface area contributed by atoms with E-state index in [4.69, 9.17) is 15.7 Å². The maximum absolute atomic E-state index is 8.77. The minimum Gasteiger partial charge on any atom is -0.488 e. The summed E-state index contributed by atoms with van der Waals surface area (Å²) in [5.74, 6) is 0.635. The molecule has 1 fully saturated rings. The van der Waals surface area contributed by atoms with Gasteiger partial charge in [-0.25, -0.2) is 0 Å². The third kappa shape index (κ3) is 3.36. The van der Waals surface area contributed by atoms with Gasteiger partial charge in [0, 0.05) is 6.20 Å². The molecule has 1 aromatic rings. The van der Waals surface area contributed by atoms with Gasteiger partial charge in [0.25, 0.3) is 0 Å². The molecule has 0 amide bonds. The van der Waals surface area contributed by atoms with Crippen LogP contribution in [0.5, 0.6) is 5.75 Å². The van der Waals surface area contributed by atoms with Crippen LogP contribution in [0.2, 0.25) is 0 Å². The van der Waals surface area contributed by atoms with Gasteiger partial charge in [-0.15, -0.1) is 0 Å². The molecule has 19 heavy (non-hydrogen) atoms. The lowest BCUT2D eigenvalue weighted by Gasteiger charge is -2.34. The highest BCUT2D eigenvalue weighted by atomic mass is 16.5. The van der Waals surface area contributed by atoms with E-state index in [0.717, 1.165) is 25.7 Å². The van der Waals surface area contributed by atoms with Crippen LogP contribution in [0.15, 0.2) is 23.6 Å². The van der Waals surface area contributed by atoms with Crippen molar-refractivity contribution in [3.63, 3.8) is 0 Å². The molecule has 1 heterocycles. The van der Waals surface area contributed by atoms with Gasteiger partial charge in [-0.1, -0.05) is 19.0 Å². The van der Waals surface area contributed by atoms with Crippen LogP contribution in [0.25, 0.3) is 0 Å². The van der Waals surface area contributed by atoms with Gasteiger partial charge in [0.2, 0.25) is 0 Å². The van der Waals surface area contributed by atoms with E-state index in [1.807, 2.05) is 0 Å². The third-order valence-electron chi connectivity index (χ3n) is 3.75. The summed E-state index contributed by atoms with van der Waals surface area (Å²) in [6.45, 7) is 4.57. The number of hydrogen-bond donors (Lipinski definition) is 2. The zero-order valence-electron chi connectivity index (χ0n) is 11.5. The molecule has 0 aromatic carbocycles. The fourth-order valence-electron chi connectivity index (χ4n) is 2.41. The summed E-state index contributed by atoms with van der Waals surface area (Å²) in [7, 11) is 0. The van der Waals surface area contributed by atoms with Crippen molar-refractivity contribution in [2.24, 2.45) is 16.3 Å². The zero-order chi connectivity index (χ0) is 13.9. The Morgan fingerprint density at radius 2 is 2.16 bits per heavy atom. The van der Waals surface area contributed by atoms with E-state index in [1.54, 1.807) is 18.5 Å². The summed E-state index contributed by atoms with van der Waals surface area (Å²) in [6.07, 6.45) is 7.75. The Balaban J connectivity index is 2.08. The molecule has 5 nitrogen and oxygen atoms in total. The van der Waals surface area contributed by atoms with Gasteiger partial charge < -0.3 is 15.7 Å². The predicted octanol–water partition coefficient (Wildman–Crippen LogP) is 2.52. The minimum absolute atomic E-state index is 0.0496. The van der Waals surface area contributed by atoms with Crippen LogP contribution in [-0.2, 0) is 0 Å². The van der Waals surface area contributed by atoms with E-state index in [9.17, 15) is 0 Å². The molecule has 0 spiro atoms. The van der Waals surface area contributed by atoms with E-state index < -0.39 is 0 Å². The van der Waals surface area contributed by atoms with Gasteiger partial charge >= 0.3 is 0 Å². The number of pyridine rings is 1. The normalized spacial score (nSPS) is 20.2. The van der Waals surface area contributed by atoms with Crippen LogP contribution in [0.3, 0.4) is 0 Å². The number of ether oxygens (including phenoxy) is 1. The van der Waals surface area contributed by atoms with Crippen LogP contribution in [0.1, 0.15) is 45.1 Å². The van der Waals surface area contributed by atoms with Crippen molar-refractivity contribution in [1.82, 2.24) is 4.98 Å². The molecule has 0 radical (unpaired) electrons. The monoisotopic (exact) mass is 263 g/mol. The quantitative estimate of drug-likeness (QED) is 0.380. The van der Waals surface area contributed by atoms with Crippen molar-refractivity contribution >= 4 is 5.84 Å². The Hall–Kier alpha value is -1.78. The Bertz CT molecular complexity index is 462. The summed E-state index contributed by atoms with van der Waals surface area (Å²) in [6, 6.07) is 1.69. The van der Waals surface area contributed by atoms with Gasteiger partial charge in [-0.3, -0.25) is 4.98 Å². The molecule has 5 heteroatoms. The molecule has 1 saturated carbocycles. The highest BCUT2D eigenvalue weighted by molar-refractivity contribution is 5.99. The molecule has 1 aromatic heterocycles. The predicted molar refractivity (Wildman–Crippen MR) is 73.4 cm³/mol. The number of aromatic nitrogens is 1. The van der Waals surface area contributed by atoms with Crippen molar-refractivity contribution < 1.29 is 9.94 Å². The van der Waals surface area contributed by atoms with Crippen molar-refractivity contribution in [1.29, 1.82) is 0 Å². The number of oxime groups is 1. The van der Waals surface area contributed by atoms with Crippen LogP contribution >= 0.6 is 0 Å². The molecule has 0 bridgehead atoms. The maximum Gasteiger partial charge on any atom is 0.173 e.